The molecule has 0 radical (unpaired) electrons. The molecule has 0 aliphatic carbocycles. The molecule has 0 bridgehead atoms. The third-order valence-electron chi connectivity index (χ3n) is 3.14. The number of rotatable bonds is 4. The average Bonchev–Trinajstić information content (AvgIpc) is 2.92. The van der Waals surface area contributed by atoms with Crippen molar-refractivity contribution in [1.82, 2.24) is 0 Å². The van der Waals surface area contributed by atoms with E-state index in [1.807, 2.05) is 24.3 Å². The van der Waals surface area contributed by atoms with Gasteiger partial charge in [0.15, 0.2) is 11.5 Å². The fraction of sp³-hybridized carbons (Fsp3) is 0.200. The van der Waals surface area contributed by atoms with Crippen molar-refractivity contribution in [2.75, 3.05) is 19.2 Å². The van der Waals surface area contributed by atoms with Gasteiger partial charge in [0.2, 0.25) is 6.79 Å². The maximum absolute atomic E-state index is 6.12. The number of hydrogen-bond donors (Lipinski definition) is 1. The van der Waals surface area contributed by atoms with Crippen molar-refractivity contribution in [3.63, 3.8) is 0 Å². The summed E-state index contributed by atoms with van der Waals surface area (Å²) in [5.74, 6) is 2.11. The summed E-state index contributed by atoms with van der Waals surface area (Å²) in [6.07, 6.45) is 0. The summed E-state index contributed by atoms with van der Waals surface area (Å²) in [5.41, 5.74) is 1.80. The summed E-state index contributed by atoms with van der Waals surface area (Å²) < 4.78 is 15.9. The van der Waals surface area contributed by atoms with Crippen LogP contribution in [0.25, 0.3) is 0 Å². The van der Waals surface area contributed by atoms with Gasteiger partial charge >= 0.3 is 0 Å². The van der Waals surface area contributed by atoms with Crippen LogP contribution in [0, 0.1) is 0 Å². The van der Waals surface area contributed by atoms with E-state index in [1.165, 1.54) is 0 Å². The Balaban J connectivity index is 1.79. The van der Waals surface area contributed by atoms with E-state index in [-0.39, 0.29) is 6.79 Å². The molecule has 1 aliphatic heterocycles. The van der Waals surface area contributed by atoms with Crippen molar-refractivity contribution in [3.8, 4) is 17.2 Å². The Morgan fingerprint density at radius 3 is 2.76 bits per heavy atom. The zero-order chi connectivity index (χ0) is 14.8. The van der Waals surface area contributed by atoms with Gasteiger partial charge in [-0.25, -0.2) is 0 Å². The summed E-state index contributed by atoms with van der Waals surface area (Å²) in [4.78, 5) is 0. The minimum atomic E-state index is 0.260. The highest BCUT2D eigenvalue weighted by atomic mass is 35.5. The number of nitrogens with one attached hydrogen (secondary N) is 1. The zero-order valence-electron chi connectivity index (χ0n) is 11.3. The van der Waals surface area contributed by atoms with Gasteiger partial charge in [0, 0.05) is 28.9 Å². The van der Waals surface area contributed by atoms with Gasteiger partial charge in [-0.15, -0.1) is 0 Å². The van der Waals surface area contributed by atoms with Gasteiger partial charge in [-0.2, -0.15) is 0 Å². The van der Waals surface area contributed by atoms with Crippen LogP contribution in [0.4, 0.5) is 5.69 Å². The monoisotopic (exact) mass is 325 g/mol. The lowest BCUT2D eigenvalue weighted by Crippen LogP contribution is -2.02. The molecule has 0 aromatic heterocycles. The molecular formula is C15H13Cl2NO3. The van der Waals surface area contributed by atoms with Crippen LogP contribution in [0.5, 0.6) is 17.2 Å². The SMILES string of the molecule is COc1c(Cl)cc(Cl)cc1CNc1ccc2c(c1)OCO2. The number of methoxy groups -OCH3 is 1. The van der Waals surface area contributed by atoms with Crippen LogP contribution < -0.4 is 19.5 Å². The molecule has 0 atom stereocenters. The lowest BCUT2D eigenvalue weighted by atomic mass is 10.2. The van der Waals surface area contributed by atoms with Crippen molar-refractivity contribution in [2.24, 2.45) is 0 Å². The highest BCUT2D eigenvalue weighted by Gasteiger charge is 2.14. The van der Waals surface area contributed by atoms with E-state index < -0.39 is 0 Å². The van der Waals surface area contributed by atoms with E-state index >= 15 is 0 Å². The van der Waals surface area contributed by atoms with Crippen molar-refractivity contribution < 1.29 is 14.2 Å². The highest BCUT2D eigenvalue weighted by Crippen LogP contribution is 2.35. The first kappa shape index (κ1) is 14.2. The Morgan fingerprint density at radius 1 is 1.14 bits per heavy atom. The molecule has 0 unspecified atom stereocenters. The molecular weight excluding hydrogens is 313 g/mol. The number of anilines is 1. The summed E-state index contributed by atoms with van der Waals surface area (Å²) in [5, 5.41) is 4.35. The molecule has 0 amide bonds. The van der Waals surface area contributed by atoms with E-state index in [0.29, 0.717) is 22.3 Å². The van der Waals surface area contributed by atoms with Gasteiger partial charge < -0.3 is 19.5 Å². The van der Waals surface area contributed by atoms with Crippen molar-refractivity contribution in [2.45, 2.75) is 6.54 Å². The number of ether oxygens (including phenoxy) is 3. The van der Waals surface area contributed by atoms with Crippen molar-refractivity contribution in [3.05, 3.63) is 45.9 Å². The van der Waals surface area contributed by atoms with Gasteiger partial charge in [0.1, 0.15) is 5.75 Å². The lowest BCUT2D eigenvalue weighted by molar-refractivity contribution is 0.174. The maximum Gasteiger partial charge on any atom is 0.231 e. The molecule has 4 nitrogen and oxygen atoms in total. The van der Waals surface area contributed by atoms with E-state index in [1.54, 1.807) is 13.2 Å². The topological polar surface area (TPSA) is 39.7 Å². The lowest BCUT2D eigenvalue weighted by Gasteiger charge is -2.13. The van der Waals surface area contributed by atoms with E-state index in [2.05, 4.69) is 5.32 Å². The molecule has 1 aliphatic rings. The second kappa shape index (κ2) is 5.92. The smallest absolute Gasteiger partial charge is 0.231 e. The van der Waals surface area contributed by atoms with Crippen LogP contribution in [0.2, 0.25) is 10.0 Å². The number of hydrogen-bond acceptors (Lipinski definition) is 4. The van der Waals surface area contributed by atoms with Gasteiger partial charge in [0.25, 0.3) is 0 Å². The van der Waals surface area contributed by atoms with Crippen LogP contribution in [0.1, 0.15) is 5.56 Å². The van der Waals surface area contributed by atoms with E-state index in [4.69, 9.17) is 37.4 Å². The maximum atomic E-state index is 6.12. The van der Waals surface area contributed by atoms with Crippen molar-refractivity contribution >= 4 is 28.9 Å². The molecule has 1 heterocycles. The molecule has 0 fully saturated rings. The van der Waals surface area contributed by atoms with Crippen molar-refractivity contribution in [1.29, 1.82) is 0 Å². The van der Waals surface area contributed by atoms with Gasteiger partial charge in [0.05, 0.1) is 12.1 Å². The Labute approximate surface area is 132 Å². The van der Waals surface area contributed by atoms with Crippen LogP contribution in [-0.2, 0) is 6.54 Å². The number of halogens is 2. The molecule has 110 valence electrons. The molecule has 0 saturated carbocycles. The Bertz CT molecular complexity index is 676. The Kier molecular flexibility index (Phi) is 3.99. The minimum absolute atomic E-state index is 0.260. The standard InChI is InChI=1S/C15H13Cl2NO3/c1-19-15-9(4-10(16)5-12(15)17)7-18-11-2-3-13-14(6-11)21-8-20-13/h2-6,18H,7-8H2,1H3. The molecule has 2 aromatic rings. The van der Waals surface area contributed by atoms with Gasteiger partial charge in [-0.3, -0.25) is 0 Å². The largest absolute Gasteiger partial charge is 0.495 e. The normalized spacial score (nSPS) is 12.3. The van der Waals surface area contributed by atoms with E-state index in [0.717, 1.165) is 22.7 Å². The summed E-state index contributed by atoms with van der Waals surface area (Å²) in [6.45, 7) is 0.791. The Morgan fingerprint density at radius 2 is 1.95 bits per heavy atom. The summed E-state index contributed by atoms with van der Waals surface area (Å²) in [6, 6.07) is 9.16. The van der Waals surface area contributed by atoms with Crippen LogP contribution >= 0.6 is 23.2 Å². The molecule has 21 heavy (non-hydrogen) atoms. The second-order valence-electron chi connectivity index (χ2n) is 4.50. The highest BCUT2D eigenvalue weighted by molar-refractivity contribution is 6.35. The molecule has 1 N–H and O–H groups in total. The molecule has 0 spiro atoms. The predicted molar refractivity (Wildman–Crippen MR) is 82.9 cm³/mol. The number of fused-ring (bicyclic) bond motifs is 1. The first-order chi connectivity index (χ1) is 10.2. The molecule has 6 heteroatoms. The van der Waals surface area contributed by atoms with Gasteiger partial charge in [-0.1, -0.05) is 23.2 Å². The summed E-state index contributed by atoms with van der Waals surface area (Å²) >= 11 is 12.2. The first-order valence-electron chi connectivity index (χ1n) is 6.33. The molecule has 0 saturated heterocycles. The van der Waals surface area contributed by atoms with Crippen LogP contribution in [0.3, 0.4) is 0 Å². The third-order valence-corrected chi connectivity index (χ3v) is 3.64. The van der Waals surface area contributed by atoms with Crippen LogP contribution in [0.15, 0.2) is 30.3 Å². The quantitative estimate of drug-likeness (QED) is 0.907. The third kappa shape index (κ3) is 2.96. The zero-order valence-corrected chi connectivity index (χ0v) is 12.8. The molecule has 2 aromatic carbocycles. The second-order valence-corrected chi connectivity index (χ2v) is 5.35. The molecule has 3 rings (SSSR count). The Hall–Kier alpha value is -1.78. The summed E-state index contributed by atoms with van der Waals surface area (Å²) in [7, 11) is 1.58. The fourth-order valence-corrected chi connectivity index (χ4v) is 2.79. The minimum Gasteiger partial charge on any atom is -0.495 e. The number of benzene rings is 2. The van der Waals surface area contributed by atoms with E-state index in [9.17, 15) is 0 Å². The first-order valence-corrected chi connectivity index (χ1v) is 7.08. The average molecular weight is 326 g/mol. The van der Waals surface area contributed by atoms with Crippen LogP contribution in [-0.4, -0.2) is 13.9 Å². The van der Waals surface area contributed by atoms with Gasteiger partial charge in [-0.05, 0) is 24.3 Å². The predicted octanol–water partition coefficient (Wildman–Crippen LogP) is 4.34. The fourth-order valence-electron chi connectivity index (χ4n) is 2.18.